The second-order valence-corrected chi connectivity index (χ2v) is 3.02. The fraction of sp³-hybridized carbons (Fsp3) is 0.714. The van der Waals surface area contributed by atoms with Gasteiger partial charge in [-0.2, -0.15) is 8.78 Å². The summed E-state index contributed by atoms with van der Waals surface area (Å²) in [4.78, 5) is 20.9. The van der Waals surface area contributed by atoms with E-state index in [4.69, 9.17) is 5.11 Å². The van der Waals surface area contributed by atoms with Gasteiger partial charge in [0, 0.05) is 6.54 Å². The van der Waals surface area contributed by atoms with Crippen LogP contribution < -0.4 is 10.6 Å². The van der Waals surface area contributed by atoms with Crippen molar-refractivity contribution in [3.05, 3.63) is 0 Å². The van der Waals surface area contributed by atoms with Gasteiger partial charge in [0.2, 0.25) is 5.91 Å². The smallest absolute Gasteiger partial charge is 0.375 e. The first-order valence-corrected chi connectivity index (χ1v) is 4.06. The summed E-state index contributed by atoms with van der Waals surface area (Å²) in [5, 5.41) is 12.7. The number of halogens is 2. The van der Waals surface area contributed by atoms with Crippen molar-refractivity contribution in [1.82, 2.24) is 10.6 Å². The number of hydrogen-bond donors (Lipinski definition) is 3. The number of aliphatic carboxylic acids is 1. The van der Waals surface area contributed by atoms with Crippen LogP contribution in [0.1, 0.15) is 6.42 Å². The molecule has 0 saturated carbocycles. The van der Waals surface area contributed by atoms with E-state index in [9.17, 15) is 18.4 Å². The Morgan fingerprint density at radius 3 is 2.79 bits per heavy atom. The summed E-state index contributed by atoms with van der Waals surface area (Å²) in [6.07, 6.45) is 0.397. The van der Waals surface area contributed by atoms with Crippen LogP contribution in [0.25, 0.3) is 0 Å². The van der Waals surface area contributed by atoms with Gasteiger partial charge in [0.05, 0.1) is 12.6 Å². The number of carboxylic acids is 1. The number of alkyl halides is 2. The zero-order valence-electron chi connectivity index (χ0n) is 7.22. The Hall–Kier alpha value is -1.24. The zero-order valence-corrected chi connectivity index (χ0v) is 7.22. The minimum Gasteiger partial charge on any atom is -0.477 e. The van der Waals surface area contributed by atoms with E-state index in [1.807, 2.05) is 0 Å². The van der Waals surface area contributed by atoms with Gasteiger partial charge in [0.1, 0.15) is 0 Å². The van der Waals surface area contributed by atoms with E-state index in [1.165, 1.54) is 0 Å². The highest BCUT2D eigenvalue weighted by Gasteiger charge is 2.40. The summed E-state index contributed by atoms with van der Waals surface area (Å²) in [6.45, 7) is -0.602. The van der Waals surface area contributed by atoms with E-state index >= 15 is 0 Å². The van der Waals surface area contributed by atoms with Crippen molar-refractivity contribution < 1.29 is 23.5 Å². The standard InChI is InChI=1S/C7H10F2N2O3/c8-7(9,6(13)14)3-11-4-1-2-10-5(4)12/h4,11H,1-3H2,(H,10,12)(H,13,14). The molecule has 1 amide bonds. The Balaban J connectivity index is 2.40. The molecule has 0 radical (unpaired) electrons. The number of carboxylic acid groups (broad SMARTS) is 1. The fourth-order valence-electron chi connectivity index (χ4n) is 1.12. The fourth-order valence-corrected chi connectivity index (χ4v) is 1.12. The van der Waals surface area contributed by atoms with Gasteiger partial charge in [0.15, 0.2) is 0 Å². The molecular weight excluding hydrogens is 198 g/mol. The highest BCUT2D eigenvalue weighted by molar-refractivity contribution is 5.84. The molecule has 0 aromatic carbocycles. The lowest BCUT2D eigenvalue weighted by Gasteiger charge is -2.14. The first-order valence-electron chi connectivity index (χ1n) is 4.06. The molecule has 5 nitrogen and oxygen atoms in total. The molecule has 7 heteroatoms. The third-order valence-electron chi connectivity index (χ3n) is 1.93. The van der Waals surface area contributed by atoms with E-state index in [1.54, 1.807) is 0 Å². The van der Waals surface area contributed by atoms with E-state index in [0.717, 1.165) is 0 Å². The second-order valence-electron chi connectivity index (χ2n) is 3.02. The van der Waals surface area contributed by atoms with E-state index < -0.39 is 24.5 Å². The summed E-state index contributed by atoms with van der Waals surface area (Å²) in [5.41, 5.74) is 0. The van der Waals surface area contributed by atoms with Crippen LogP contribution in [0.3, 0.4) is 0 Å². The first-order chi connectivity index (χ1) is 6.43. The summed E-state index contributed by atoms with van der Waals surface area (Å²) < 4.78 is 25.1. The number of hydrogen-bond acceptors (Lipinski definition) is 3. The number of nitrogens with one attached hydrogen (secondary N) is 2. The summed E-state index contributed by atoms with van der Waals surface area (Å²) in [5.74, 6) is -6.39. The molecule has 3 N–H and O–H groups in total. The Kier molecular flexibility index (Phi) is 3.00. The van der Waals surface area contributed by atoms with E-state index in [2.05, 4.69) is 10.6 Å². The SMILES string of the molecule is O=C1NCCC1NCC(F)(F)C(=O)O. The van der Waals surface area contributed by atoms with Crippen LogP contribution >= 0.6 is 0 Å². The Labute approximate surface area is 78.5 Å². The molecule has 0 bridgehead atoms. The largest absolute Gasteiger partial charge is 0.477 e. The maximum absolute atomic E-state index is 12.5. The average molecular weight is 208 g/mol. The molecule has 1 aliphatic rings. The predicted molar refractivity (Wildman–Crippen MR) is 42.0 cm³/mol. The topological polar surface area (TPSA) is 78.4 Å². The zero-order chi connectivity index (χ0) is 10.8. The molecule has 0 aliphatic carbocycles. The lowest BCUT2D eigenvalue weighted by molar-refractivity contribution is -0.164. The highest BCUT2D eigenvalue weighted by atomic mass is 19.3. The monoisotopic (exact) mass is 208 g/mol. The number of amides is 1. The van der Waals surface area contributed by atoms with E-state index in [-0.39, 0.29) is 5.91 Å². The van der Waals surface area contributed by atoms with Crippen LogP contribution in [0.5, 0.6) is 0 Å². The lowest BCUT2D eigenvalue weighted by atomic mass is 10.2. The summed E-state index contributed by atoms with van der Waals surface area (Å²) in [6, 6.07) is -0.708. The van der Waals surface area contributed by atoms with E-state index in [0.29, 0.717) is 13.0 Å². The molecule has 1 atom stereocenters. The van der Waals surface area contributed by atoms with Crippen LogP contribution in [0.2, 0.25) is 0 Å². The van der Waals surface area contributed by atoms with Crippen LogP contribution in [0.4, 0.5) is 8.78 Å². The Morgan fingerprint density at radius 2 is 2.36 bits per heavy atom. The van der Waals surface area contributed by atoms with Gasteiger partial charge in [-0.25, -0.2) is 4.79 Å². The highest BCUT2D eigenvalue weighted by Crippen LogP contribution is 2.12. The molecule has 1 aliphatic heterocycles. The Bertz CT molecular complexity index is 257. The molecule has 1 heterocycles. The van der Waals surface area contributed by atoms with Crippen LogP contribution in [-0.4, -0.2) is 42.0 Å². The molecule has 1 rings (SSSR count). The molecule has 80 valence electrons. The van der Waals surface area contributed by atoms with Crippen LogP contribution in [-0.2, 0) is 9.59 Å². The third-order valence-corrected chi connectivity index (χ3v) is 1.93. The van der Waals surface area contributed by atoms with Crippen molar-refractivity contribution >= 4 is 11.9 Å². The van der Waals surface area contributed by atoms with Gasteiger partial charge in [-0.15, -0.1) is 0 Å². The quantitative estimate of drug-likeness (QED) is 0.564. The summed E-state index contributed by atoms with van der Waals surface area (Å²) >= 11 is 0. The lowest BCUT2D eigenvalue weighted by Crippen LogP contribution is -2.46. The molecule has 0 aromatic rings. The normalized spacial score (nSPS) is 22.1. The Morgan fingerprint density at radius 1 is 1.71 bits per heavy atom. The average Bonchev–Trinajstić information content (AvgIpc) is 2.47. The number of rotatable bonds is 4. The maximum atomic E-state index is 12.5. The van der Waals surface area contributed by atoms with Gasteiger partial charge in [-0.05, 0) is 6.42 Å². The van der Waals surface area contributed by atoms with Crippen LogP contribution in [0.15, 0.2) is 0 Å². The minimum absolute atomic E-state index is 0.369. The van der Waals surface area contributed by atoms with Crippen molar-refractivity contribution in [2.45, 2.75) is 18.4 Å². The van der Waals surface area contributed by atoms with Crippen molar-refractivity contribution in [1.29, 1.82) is 0 Å². The van der Waals surface area contributed by atoms with Crippen molar-refractivity contribution in [2.75, 3.05) is 13.1 Å². The molecule has 14 heavy (non-hydrogen) atoms. The molecule has 0 spiro atoms. The predicted octanol–water partition coefficient (Wildman–Crippen LogP) is -0.816. The molecule has 1 fully saturated rings. The van der Waals surface area contributed by atoms with Gasteiger partial charge in [-0.1, -0.05) is 0 Å². The minimum atomic E-state index is -3.83. The number of carbonyl (C=O) groups is 2. The molecule has 1 unspecified atom stereocenters. The van der Waals surface area contributed by atoms with Crippen molar-refractivity contribution in [3.8, 4) is 0 Å². The molecule has 1 saturated heterocycles. The third kappa shape index (κ3) is 2.38. The van der Waals surface area contributed by atoms with Crippen LogP contribution in [0, 0.1) is 0 Å². The molecule has 0 aromatic heterocycles. The maximum Gasteiger partial charge on any atom is 0.375 e. The van der Waals surface area contributed by atoms with Gasteiger partial charge >= 0.3 is 11.9 Å². The van der Waals surface area contributed by atoms with Gasteiger partial charge in [0.25, 0.3) is 0 Å². The van der Waals surface area contributed by atoms with Gasteiger partial charge < -0.3 is 10.4 Å². The van der Waals surface area contributed by atoms with Crippen molar-refractivity contribution in [3.63, 3.8) is 0 Å². The van der Waals surface area contributed by atoms with Crippen molar-refractivity contribution in [2.24, 2.45) is 0 Å². The summed E-state index contributed by atoms with van der Waals surface area (Å²) in [7, 11) is 0. The first kappa shape index (κ1) is 10.8. The second kappa shape index (κ2) is 3.87. The number of carbonyl (C=O) groups excluding carboxylic acids is 1. The van der Waals surface area contributed by atoms with Gasteiger partial charge in [-0.3, -0.25) is 10.1 Å². The molecular formula is C7H10F2N2O3.